The van der Waals surface area contributed by atoms with E-state index in [0.717, 1.165) is 6.42 Å². The molecule has 3 rings (SSSR count). The average molecular weight is 434 g/mol. The second kappa shape index (κ2) is 8.12. The third-order valence-corrected chi connectivity index (χ3v) is 4.35. The number of fused-ring (bicyclic) bond motifs is 1. The minimum atomic E-state index is -0.641. The molecule has 2 amide bonds. The lowest BCUT2D eigenvalue weighted by Crippen LogP contribution is -2.40. The van der Waals surface area contributed by atoms with E-state index in [-0.39, 0.29) is 6.04 Å². The van der Waals surface area contributed by atoms with Gasteiger partial charge in [-0.05, 0) is 48.0 Å². The largest absolute Gasteiger partial charge is 0.444 e. The number of hydrogen-bond donors (Lipinski definition) is 3. The fourth-order valence-corrected chi connectivity index (χ4v) is 3.19. The van der Waals surface area contributed by atoms with Crippen LogP contribution in [0.15, 0.2) is 12.3 Å². The number of nitrogens with zero attached hydrogens (tertiary/aromatic N) is 4. The van der Waals surface area contributed by atoms with Crippen LogP contribution in [0.25, 0.3) is 5.65 Å². The first kappa shape index (κ1) is 22.4. The van der Waals surface area contributed by atoms with Crippen LogP contribution in [-0.2, 0) is 9.47 Å². The molecule has 1 aliphatic heterocycles. The summed E-state index contributed by atoms with van der Waals surface area (Å²) in [6.07, 6.45) is 1.15. The number of hydrogen-bond acceptors (Lipinski definition) is 8. The number of ether oxygens (including phenoxy) is 2. The zero-order chi connectivity index (χ0) is 23.0. The van der Waals surface area contributed by atoms with Crippen LogP contribution in [0.1, 0.15) is 48.0 Å². The first-order chi connectivity index (χ1) is 14.3. The summed E-state index contributed by atoms with van der Waals surface area (Å²) >= 11 is 0. The molecule has 1 aliphatic rings. The first-order valence-corrected chi connectivity index (χ1v) is 10.2. The quantitative estimate of drug-likeness (QED) is 0.672. The van der Waals surface area contributed by atoms with Crippen LogP contribution in [0.5, 0.6) is 0 Å². The van der Waals surface area contributed by atoms with Gasteiger partial charge in [-0.3, -0.25) is 5.32 Å². The van der Waals surface area contributed by atoms with Crippen LogP contribution >= 0.6 is 0 Å². The standard InChI is InChI=1S/C20H31N7O4/c1-19(2,3)30-17(28)23-12-7-8-26(11-12)14-9-15(25-18(29)31-20(4,5)6)27-16(24-14)13(21)10-22-27/h9-10,12H,7-8,11,21H2,1-6H3,(H,23,28)(H,25,29)/t12-/m0/s1. The predicted molar refractivity (Wildman–Crippen MR) is 117 cm³/mol. The molecule has 0 radical (unpaired) electrons. The number of anilines is 3. The van der Waals surface area contributed by atoms with E-state index in [4.69, 9.17) is 15.2 Å². The molecule has 4 N–H and O–H groups in total. The zero-order valence-corrected chi connectivity index (χ0v) is 18.9. The van der Waals surface area contributed by atoms with Crippen molar-refractivity contribution in [2.24, 2.45) is 0 Å². The van der Waals surface area contributed by atoms with E-state index in [1.807, 2.05) is 25.7 Å². The zero-order valence-electron chi connectivity index (χ0n) is 18.9. The van der Waals surface area contributed by atoms with Gasteiger partial charge in [0.2, 0.25) is 0 Å². The van der Waals surface area contributed by atoms with Crippen molar-refractivity contribution in [1.82, 2.24) is 19.9 Å². The van der Waals surface area contributed by atoms with E-state index in [0.29, 0.717) is 36.1 Å². The number of carbonyl (C=O) groups is 2. The molecule has 2 aromatic rings. The summed E-state index contributed by atoms with van der Waals surface area (Å²) in [5.74, 6) is 0.994. The fourth-order valence-electron chi connectivity index (χ4n) is 3.19. The molecule has 1 atom stereocenters. The van der Waals surface area contributed by atoms with Gasteiger partial charge in [-0.1, -0.05) is 0 Å². The molecule has 1 fully saturated rings. The Bertz CT molecular complexity index is 974. The van der Waals surface area contributed by atoms with Gasteiger partial charge in [0.25, 0.3) is 0 Å². The minimum Gasteiger partial charge on any atom is -0.444 e. The summed E-state index contributed by atoms with van der Waals surface area (Å²) in [5, 5.41) is 9.79. The van der Waals surface area contributed by atoms with Crippen LogP contribution in [0.4, 0.5) is 26.9 Å². The van der Waals surface area contributed by atoms with E-state index in [9.17, 15) is 9.59 Å². The smallest absolute Gasteiger partial charge is 0.413 e. The van der Waals surface area contributed by atoms with E-state index >= 15 is 0 Å². The van der Waals surface area contributed by atoms with Gasteiger partial charge in [0.15, 0.2) is 5.65 Å². The van der Waals surface area contributed by atoms with Crippen LogP contribution < -0.4 is 21.3 Å². The summed E-state index contributed by atoms with van der Waals surface area (Å²) in [6.45, 7) is 12.0. The van der Waals surface area contributed by atoms with Gasteiger partial charge in [-0.25, -0.2) is 14.6 Å². The second-order valence-corrected chi connectivity index (χ2v) is 9.54. The van der Waals surface area contributed by atoms with Crippen LogP contribution in [0.2, 0.25) is 0 Å². The number of alkyl carbamates (subject to hydrolysis) is 1. The van der Waals surface area contributed by atoms with Crippen molar-refractivity contribution in [2.75, 3.05) is 29.0 Å². The third-order valence-electron chi connectivity index (χ3n) is 4.35. The van der Waals surface area contributed by atoms with Crippen molar-refractivity contribution < 1.29 is 19.1 Å². The molecular formula is C20H31N7O4. The van der Waals surface area contributed by atoms with Crippen molar-refractivity contribution in [3.05, 3.63) is 12.3 Å². The Morgan fingerprint density at radius 2 is 1.77 bits per heavy atom. The Labute approximate surface area is 181 Å². The normalized spacial score (nSPS) is 17.0. The molecule has 0 bridgehead atoms. The molecule has 31 heavy (non-hydrogen) atoms. The molecule has 0 aliphatic carbocycles. The summed E-state index contributed by atoms with van der Waals surface area (Å²) in [4.78, 5) is 31.0. The molecule has 0 spiro atoms. The van der Waals surface area contributed by atoms with Gasteiger partial charge in [-0.15, -0.1) is 0 Å². The summed E-state index contributed by atoms with van der Waals surface area (Å²) in [6, 6.07) is 1.62. The fraction of sp³-hybridized carbons (Fsp3) is 0.600. The Morgan fingerprint density at radius 1 is 1.13 bits per heavy atom. The maximum Gasteiger partial charge on any atom is 0.413 e. The van der Waals surface area contributed by atoms with Gasteiger partial charge in [0, 0.05) is 19.2 Å². The Kier molecular flexibility index (Phi) is 5.88. The van der Waals surface area contributed by atoms with E-state index in [2.05, 4.69) is 20.7 Å². The minimum absolute atomic E-state index is 0.0857. The molecule has 1 saturated heterocycles. The highest BCUT2D eigenvalue weighted by molar-refractivity contribution is 5.85. The van der Waals surface area contributed by atoms with Gasteiger partial charge >= 0.3 is 12.2 Å². The number of carbonyl (C=O) groups excluding carboxylic acids is 2. The molecule has 0 unspecified atom stereocenters. The molecule has 3 heterocycles. The number of nitrogens with two attached hydrogens (primary N) is 1. The maximum absolute atomic E-state index is 12.3. The van der Waals surface area contributed by atoms with Crippen LogP contribution in [0, 0.1) is 0 Å². The number of nitrogens with one attached hydrogen (secondary N) is 2. The number of nitrogen functional groups attached to an aromatic ring is 1. The number of aromatic nitrogens is 3. The highest BCUT2D eigenvalue weighted by atomic mass is 16.6. The van der Waals surface area contributed by atoms with Gasteiger partial charge in [0.05, 0.1) is 17.9 Å². The Morgan fingerprint density at radius 3 is 2.42 bits per heavy atom. The predicted octanol–water partition coefficient (Wildman–Crippen LogP) is 2.76. The second-order valence-electron chi connectivity index (χ2n) is 9.54. The topological polar surface area (TPSA) is 136 Å². The molecular weight excluding hydrogens is 402 g/mol. The lowest BCUT2D eigenvalue weighted by molar-refractivity contribution is 0.0508. The van der Waals surface area contributed by atoms with Crippen LogP contribution in [0.3, 0.4) is 0 Å². The molecule has 2 aromatic heterocycles. The first-order valence-electron chi connectivity index (χ1n) is 10.2. The van der Waals surface area contributed by atoms with E-state index < -0.39 is 23.4 Å². The Hall–Kier alpha value is -3.24. The molecule has 11 heteroatoms. The maximum atomic E-state index is 12.3. The van der Waals surface area contributed by atoms with Crippen LogP contribution in [-0.4, -0.2) is 57.1 Å². The van der Waals surface area contributed by atoms with Crippen molar-refractivity contribution in [1.29, 1.82) is 0 Å². The highest BCUT2D eigenvalue weighted by Gasteiger charge is 2.28. The SMILES string of the molecule is CC(C)(C)OC(=O)Nc1cc(N2CC[C@H](NC(=O)OC(C)(C)C)C2)nc2c(N)cnn12. The monoisotopic (exact) mass is 433 g/mol. The van der Waals surface area contributed by atoms with Crippen molar-refractivity contribution in [3.63, 3.8) is 0 Å². The van der Waals surface area contributed by atoms with E-state index in [1.54, 1.807) is 26.8 Å². The van der Waals surface area contributed by atoms with Gasteiger partial charge < -0.3 is 25.4 Å². The van der Waals surface area contributed by atoms with Gasteiger partial charge in [0.1, 0.15) is 22.8 Å². The van der Waals surface area contributed by atoms with Gasteiger partial charge in [-0.2, -0.15) is 9.61 Å². The summed E-state index contributed by atoms with van der Waals surface area (Å²) in [5.41, 5.74) is 5.62. The van der Waals surface area contributed by atoms with E-state index in [1.165, 1.54) is 10.7 Å². The highest BCUT2D eigenvalue weighted by Crippen LogP contribution is 2.26. The van der Waals surface area contributed by atoms with Crippen molar-refractivity contribution in [3.8, 4) is 0 Å². The number of amides is 2. The number of rotatable bonds is 3. The Balaban J connectivity index is 1.77. The van der Waals surface area contributed by atoms with Crippen molar-refractivity contribution >= 4 is 35.2 Å². The lowest BCUT2D eigenvalue weighted by atomic mass is 10.2. The van der Waals surface area contributed by atoms with Crippen molar-refractivity contribution in [2.45, 2.75) is 65.2 Å². The molecule has 11 nitrogen and oxygen atoms in total. The molecule has 0 saturated carbocycles. The summed E-state index contributed by atoms with van der Waals surface area (Å²) < 4.78 is 12.1. The average Bonchev–Trinajstić information content (AvgIpc) is 3.18. The lowest BCUT2D eigenvalue weighted by Gasteiger charge is -2.23. The molecule has 0 aromatic carbocycles. The molecule has 170 valence electrons. The third kappa shape index (κ3) is 5.89. The summed E-state index contributed by atoms with van der Waals surface area (Å²) in [7, 11) is 0.